The van der Waals surface area contributed by atoms with Crippen LogP contribution in [0.15, 0.2) is 78.4 Å². The second-order valence-electron chi connectivity index (χ2n) is 8.69. The largest absolute Gasteiger partial charge is 0.480 e. The number of Topliss-reactive ketones (excluding diaryl/α,β-unsaturated/α-hetero) is 1. The normalized spacial score (nSPS) is 19.6. The smallest absolute Gasteiger partial charge is 0.416 e. The molecule has 0 spiro atoms. The highest BCUT2D eigenvalue weighted by Gasteiger charge is 2.34. The van der Waals surface area contributed by atoms with E-state index in [1.807, 2.05) is 48.5 Å². The van der Waals surface area contributed by atoms with Gasteiger partial charge in [0.2, 0.25) is 0 Å². The van der Waals surface area contributed by atoms with Crippen molar-refractivity contribution in [2.75, 3.05) is 18.0 Å². The number of alkyl halides is 3. The summed E-state index contributed by atoms with van der Waals surface area (Å²) in [5.74, 6) is 0.345. The molecule has 0 radical (unpaired) electrons. The van der Waals surface area contributed by atoms with Crippen LogP contribution in [0.25, 0.3) is 6.08 Å². The van der Waals surface area contributed by atoms with E-state index in [9.17, 15) is 18.0 Å². The van der Waals surface area contributed by atoms with Crippen LogP contribution in [0.2, 0.25) is 0 Å². The molecule has 6 heteroatoms. The average molecular weight is 463 g/mol. The fourth-order valence-corrected chi connectivity index (χ4v) is 4.58. The van der Waals surface area contributed by atoms with E-state index in [0.717, 1.165) is 49.3 Å². The number of rotatable bonds is 3. The van der Waals surface area contributed by atoms with Gasteiger partial charge in [-0.2, -0.15) is 13.2 Å². The average Bonchev–Trinajstić information content (AvgIpc) is 2.86. The van der Waals surface area contributed by atoms with E-state index in [1.165, 1.54) is 18.6 Å². The van der Waals surface area contributed by atoms with Crippen molar-refractivity contribution in [3.63, 3.8) is 0 Å². The van der Waals surface area contributed by atoms with E-state index in [-0.39, 0.29) is 5.78 Å². The standard InChI is InChI=1S/C28H24F3NO2/c29-28(30,31)21-11-9-19(10-12-21)17-24-26(33)23-18-22(32-15-5-2-6-16-32)13-14-25(23)34-27(24)20-7-3-1-4-8-20/h1,3-4,7-14,17-18,27H,2,5-6,15-16H2. The first kappa shape index (κ1) is 22.3. The zero-order valence-electron chi connectivity index (χ0n) is 18.5. The minimum absolute atomic E-state index is 0.172. The van der Waals surface area contributed by atoms with Gasteiger partial charge in [0.1, 0.15) is 5.75 Å². The first-order chi connectivity index (χ1) is 16.4. The predicted octanol–water partition coefficient (Wildman–Crippen LogP) is 7.10. The molecular formula is C28H24F3NO2. The molecule has 34 heavy (non-hydrogen) atoms. The number of nitrogens with zero attached hydrogens (tertiary/aromatic N) is 1. The van der Waals surface area contributed by atoms with Crippen LogP contribution in [-0.2, 0) is 6.18 Å². The van der Waals surface area contributed by atoms with Gasteiger partial charge in [-0.3, -0.25) is 4.79 Å². The zero-order valence-corrected chi connectivity index (χ0v) is 18.5. The molecule has 174 valence electrons. The van der Waals surface area contributed by atoms with E-state index < -0.39 is 17.8 Å². The Morgan fingerprint density at radius 2 is 1.59 bits per heavy atom. The molecule has 0 saturated carbocycles. The van der Waals surface area contributed by atoms with Crippen LogP contribution in [0, 0.1) is 0 Å². The number of carbonyl (C=O) groups excluding carboxylic acids is 1. The number of ether oxygens (including phenoxy) is 1. The third-order valence-electron chi connectivity index (χ3n) is 6.38. The highest BCUT2D eigenvalue weighted by molar-refractivity contribution is 6.15. The monoisotopic (exact) mass is 463 g/mol. The SMILES string of the molecule is O=C1C(=Cc2ccc(C(F)(F)F)cc2)C(c2ccccc2)Oc2ccc(N3CCCCC3)cc21. The van der Waals surface area contributed by atoms with Gasteiger partial charge in [0, 0.05) is 24.4 Å². The second kappa shape index (κ2) is 9.01. The third-order valence-corrected chi connectivity index (χ3v) is 6.38. The van der Waals surface area contributed by atoms with Crippen molar-refractivity contribution in [3.8, 4) is 5.75 Å². The van der Waals surface area contributed by atoms with Gasteiger partial charge in [-0.05, 0) is 66.8 Å². The number of halogens is 3. The molecule has 0 aromatic heterocycles. The van der Waals surface area contributed by atoms with Gasteiger partial charge in [0.15, 0.2) is 11.9 Å². The molecule has 1 unspecified atom stereocenters. The predicted molar refractivity (Wildman–Crippen MR) is 126 cm³/mol. The van der Waals surface area contributed by atoms with Crippen molar-refractivity contribution < 1.29 is 22.7 Å². The van der Waals surface area contributed by atoms with Crippen molar-refractivity contribution in [1.82, 2.24) is 0 Å². The maximum absolute atomic E-state index is 13.7. The number of hydrogen-bond donors (Lipinski definition) is 0. The molecule has 3 aromatic carbocycles. The highest BCUT2D eigenvalue weighted by atomic mass is 19.4. The summed E-state index contributed by atoms with van der Waals surface area (Å²) in [5.41, 5.74) is 2.46. The van der Waals surface area contributed by atoms with Crippen LogP contribution >= 0.6 is 0 Å². The van der Waals surface area contributed by atoms with Gasteiger partial charge < -0.3 is 9.64 Å². The lowest BCUT2D eigenvalue weighted by atomic mass is 9.89. The molecule has 1 saturated heterocycles. The lowest BCUT2D eigenvalue weighted by Gasteiger charge is -2.32. The Hall–Kier alpha value is -3.54. The van der Waals surface area contributed by atoms with Crippen LogP contribution in [0.3, 0.4) is 0 Å². The zero-order chi connectivity index (χ0) is 23.7. The molecule has 1 atom stereocenters. The number of benzene rings is 3. The summed E-state index contributed by atoms with van der Waals surface area (Å²) in [6.45, 7) is 1.91. The van der Waals surface area contributed by atoms with Gasteiger partial charge in [-0.1, -0.05) is 42.5 Å². The fourth-order valence-electron chi connectivity index (χ4n) is 4.58. The summed E-state index contributed by atoms with van der Waals surface area (Å²) in [6.07, 6.45) is 0.0299. The number of hydrogen-bond acceptors (Lipinski definition) is 3. The first-order valence-corrected chi connectivity index (χ1v) is 11.4. The topological polar surface area (TPSA) is 29.5 Å². The van der Waals surface area contributed by atoms with Gasteiger partial charge >= 0.3 is 6.18 Å². The maximum Gasteiger partial charge on any atom is 0.416 e. The van der Waals surface area contributed by atoms with Crippen molar-refractivity contribution in [2.24, 2.45) is 0 Å². The van der Waals surface area contributed by atoms with Crippen molar-refractivity contribution in [3.05, 3.63) is 101 Å². The van der Waals surface area contributed by atoms with E-state index >= 15 is 0 Å². The van der Waals surface area contributed by atoms with Crippen molar-refractivity contribution >= 4 is 17.5 Å². The molecule has 0 amide bonds. The van der Waals surface area contributed by atoms with Crippen LogP contribution in [0.1, 0.15) is 52.4 Å². The Bertz CT molecular complexity index is 1210. The summed E-state index contributed by atoms with van der Waals surface area (Å²) >= 11 is 0. The van der Waals surface area contributed by atoms with Crippen molar-refractivity contribution in [1.29, 1.82) is 0 Å². The summed E-state index contributed by atoms with van der Waals surface area (Å²) in [7, 11) is 0. The molecule has 0 aliphatic carbocycles. The minimum atomic E-state index is -4.41. The molecule has 3 nitrogen and oxygen atoms in total. The fraction of sp³-hybridized carbons (Fsp3) is 0.250. The lowest BCUT2D eigenvalue weighted by Crippen LogP contribution is -2.30. The third kappa shape index (κ3) is 4.45. The highest BCUT2D eigenvalue weighted by Crippen LogP contribution is 2.41. The van der Waals surface area contributed by atoms with Gasteiger partial charge in [-0.25, -0.2) is 0 Å². The van der Waals surface area contributed by atoms with E-state index in [1.54, 1.807) is 6.08 Å². The van der Waals surface area contributed by atoms with E-state index in [4.69, 9.17) is 4.74 Å². The molecule has 0 N–H and O–H groups in total. The Morgan fingerprint density at radius 1 is 0.882 bits per heavy atom. The molecule has 5 rings (SSSR count). The molecule has 1 fully saturated rings. The molecule has 2 heterocycles. The molecule has 2 aliphatic rings. The number of anilines is 1. The summed E-state index contributed by atoms with van der Waals surface area (Å²) in [4.78, 5) is 16.0. The number of ketones is 1. The first-order valence-electron chi connectivity index (χ1n) is 11.4. The van der Waals surface area contributed by atoms with Crippen molar-refractivity contribution in [2.45, 2.75) is 31.5 Å². The van der Waals surface area contributed by atoms with Crippen LogP contribution in [-0.4, -0.2) is 18.9 Å². The van der Waals surface area contributed by atoms with Crippen LogP contribution < -0.4 is 9.64 Å². The second-order valence-corrected chi connectivity index (χ2v) is 8.69. The summed E-state index contributed by atoms with van der Waals surface area (Å²) in [6, 6.07) is 19.9. The molecule has 2 aliphatic heterocycles. The molecule has 3 aromatic rings. The lowest BCUT2D eigenvalue weighted by molar-refractivity contribution is -0.137. The Kier molecular flexibility index (Phi) is 5.90. The molecule has 0 bridgehead atoms. The quantitative estimate of drug-likeness (QED) is 0.388. The minimum Gasteiger partial charge on any atom is -0.480 e. The van der Waals surface area contributed by atoms with E-state index in [2.05, 4.69) is 4.90 Å². The number of fused-ring (bicyclic) bond motifs is 1. The van der Waals surface area contributed by atoms with Crippen LogP contribution in [0.4, 0.5) is 18.9 Å². The van der Waals surface area contributed by atoms with Gasteiger partial charge in [0.05, 0.1) is 11.1 Å². The van der Waals surface area contributed by atoms with E-state index in [0.29, 0.717) is 22.4 Å². The van der Waals surface area contributed by atoms with Gasteiger partial charge in [-0.15, -0.1) is 0 Å². The number of piperidine rings is 1. The Balaban J connectivity index is 1.55. The summed E-state index contributed by atoms with van der Waals surface area (Å²) < 4.78 is 45.3. The van der Waals surface area contributed by atoms with Crippen LogP contribution in [0.5, 0.6) is 5.75 Å². The Morgan fingerprint density at radius 3 is 2.26 bits per heavy atom. The maximum atomic E-state index is 13.7. The summed E-state index contributed by atoms with van der Waals surface area (Å²) in [5, 5.41) is 0. The number of carbonyl (C=O) groups is 1. The van der Waals surface area contributed by atoms with Gasteiger partial charge in [0.25, 0.3) is 0 Å². The molecular weight excluding hydrogens is 439 g/mol. The Labute approximate surface area is 196 Å².